The molecule has 2 heterocycles. The average Bonchev–Trinajstić information content (AvgIpc) is 3.27. The summed E-state index contributed by atoms with van der Waals surface area (Å²) < 4.78 is 71.2. The Morgan fingerprint density at radius 2 is 1.90 bits per heavy atom. The molecule has 0 spiro atoms. The first-order chi connectivity index (χ1) is 13.6. The molecular formula is C17H11F3N4O4S. The topological polar surface area (TPSA) is 100 Å². The van der Waals surface area contributed by atoms with Crippen molar-refractivity contribution >= 4 is 20.9 Å². The van der Waals surface area contributed by atoms with Crippen LogP contribution in [0.3, 0.4) is 0 Å². The van der Waals surface area contributed by atoms with E-state index in [1.165, 1.54) is 24.5 Å². The maximum atomic E-state index is 12.5. The van der Waals surface area contributed by atoms with E-state index in [1.54, 1.807) is 28.8 Å². The minimum absolute atomic E-state index is 0.0192. The Morgan fingerprint density at radius 3 is 2.59 bits per heavy atom. The van der Waals surface area contributed by atoms with Crippen LogP contribution < -0.4 is 4.74 Å². The maximum Gasteiger partial charge on any atom is 0.573 e. The highest BCUT2D eigenvalue weighted by molar-refractivity contribution is 7.90. The summed E-state index contributed by atoms with van der Waals surface area (Å²) in [7, 11) is -3.66. The van der Waals surface area contributed by atoms with Crippen LogP contribution in [0, 0.1) is 0 Å². The van der Waals surface area contributed by atoms with Gasteiger partial charge < -0.3 is 9.15 Å². The highest BCUT2D eigenvalue weighted by Crippen LogP contribution is 2.28. The Balaban J connectivity index is 1.77. The molecule has 150 valence electrons. The summed E-state index contributed by atoms with van der Waals surface area (Å²) in [5, 5.41) is 6.72. The van der Waals surface area contributed by atoms with E-state index < -0.39 is 21.4 Å². The van der Waals surface area contributed by atoms with Crippen LogP contribution in [0.1, 0.15) is 0 Å². The van der Waals surface area contributed by atoms with Gasteiger partial charge in [-0.15, -0.1) is 18.3 Å². The number of fused-ring (bicyclic) bond motifs is 1. The Labute approximate surface area is 161 Å². The molecule has 4 aromatic rings. The van der Waals surface area contributed by atoms with E-state index in [0.29, 0.717) is 22.3 Å². The van der Waals surface area contributed by atoms with Crippen molar-refractivity contribution in [1.82, 2.24) is 19.7 Å². The van der Waals surface area contributed by atoms with E-state index in [-0.39, 0.29) is 11.6 Å². The fraction of sp³-hybridized carbons (Fsp3) is 0.118. The second-order valence-corrected chi connectivity index (χ2v) is 7.90. The SMILES string of the molecule is CS(=O)(=O)c1nnc(-c2ccc3ncn(-c4cccc(OC(F)(F)F)c4)c3c2)o1. The quantitative estimate of drug-likeness (QED) is 0.495. The third kappa shape index (κ3) is 3.92. The Morgan fingerprint density at radius 1 is 1.10 bits per heavy atom. The molecule has 2 aromatic carbocycles. The molecule has 4 rings (SSSR count). The fourth-order valence-corrected chi connectivity index (χ4v) is 3.07. The number of sulfone groups is 1. The molecule has 29 heavy (non-hydrogen) atoms. The molecule has 0 aliphatic rings. The smallest absolute Gasteiger partial charge is 0.408 e. The number of halogens is 3. The lowest BCUT2D eigenvalue weighted by atomic mass is 10.2. The van der Waals surface area contributed by atoms with E-state index in [4.69, 9.17) is 4.42 Å². The molecule has 0 amide bonds. The summed E-state index contributed by atoms with van der Waals surface area (Å²) in [6, 6.07) is 10.3. The summed E-state index contributed by atoms with van der Waals surface area (Å²) >= 11 is 0. The Bertz CT molecular complexity index is 1310. The average molecular weight is 424 g/mol. The first-order valence-electron chi connectivity index (χ1n) is 7.97. The molecule has 0 atom stereocenters. The van der Waals surface area contributed by atoms with Crippen molar-refractivity contribution in [2.45, 2.75) is 11.6 Å². The van der Waals surface area contributed by atoms with Gasteiger partial charge in [-0.2, -0.15) is 0 Å². The first kappa shape index (κ1) is 18.9. The standard InChI is InChI=1S/C17H11F3N4O4S/c1-29(25,26)16-23-22-15(27-16)10-5-6-13-14(7-10)24(9-21-13)11-3-2-4-12(8-11)28-17(18,19)20/h2-9H,1H3. The predicted octanol–water partition coefficient (Wildman–Crippen LogP) is 3.38. The number of hydrogen-bond donors (Lipinski definition) is 0. The second kappa shape index (κ2) is 6.58. The van der Waals surface area contributed by atoms with Crippen LogP contribution in [0.5, 0.6) is 5.75 Å². The lowest BCUT2D eigenvalue weighted by Crippen LogP contribution is -2.17. The number of ether oxygens (including phenoxy) is 1. The van der Waals surface area contributed by atoms with Gasteiger partial charge in [-0.1, -0.05) is 11.2 Å². The first-order valence-corrected chi connectivity index (χ1v) is 9.86. The minimum Gasteiger partial charge on any atom is -0.408 e. The number of rotatable bonds is 4. The zero-order valence-electron chi connectivity index (χ0n) is 14.6. The number of imidazole rings is 1. The summed E-state index contributed by atoms with van der Waals surface area (Å²) in [6.45, 7) is 0. The molecule has 0 aliphatic heterocycles. The molecule has 0 fully saturated rings. The molecule has 0 aliphatic carbocycles. The summed E-state index contributed by atoms with van der Waals surface area (Å²) in [5.74, 6) is -0.392. The molecule has 0 bridgehead atoms. The van der Waals surface area contributed by atoms with Gasteiger partial charge in [0, 0.05) is 17.9 Å². The lowest BCUT2D eigenvalue weighted by molar-refractivity contribution is -0.274. The monoisotopic (exact) mass is 424 g/mol. The zero-order chi connectivity index (χ0) is 20.8. The molecule has 0 saturated carbocycles. The fourth-order valence-electron chi connectivity index (χ4n) is 2.65. The summed E-state index contributed by atoms with van der Waals surface area (Å²) in [5.41, 5.74) is 1.89. The molecule has 0 unspecified atom stereocenters. The number of nitrogens with zero attached hydrogens (tertiary/aromatic N) is 4. The van der Waals surface area contributed by atoms with Gasteiger partial charge in [0.2, 0.25) is 15.7 Å². The molecule has 12 heteroatoms. The highest BCUT2D eigenvalue weighted by Gasteiger charge is 2.31. The molecular weight excluding hydrogens is 413 g/mol. The highest BCUT2D eigenvalue weighted by atomic mass is 32.2. The minimum atomic E-state index is -4.81. The van der Waals surface area contributed by atoms with Gasteiger partial charge in [-0.25, -0.2) is 13.4 Å². The van der Waals surface area contributed by atoms with Crippen LogP contribution in [0.25, 0.3) is 28.2 Å². The van der Waals surface area contributed by atoms with E-state index in [9.17, 15) is 21.6 Å². The summed E-state index contributed by atoms with van der Waals surface area (Å²) in [4.78, 5) is 4.22. The Kier molecular flexibility index (Phi) is 4.30. The van der Waals surface area contributed by atoms with Gasteiger partial charge in [-0.05, 0) is 30.3 Å². The van der Waals surface area contributed by atoms with Crippen molar-refractivity contribution in [2.75, 3.05) is 6.26 Å². The van der Waals surface area contributed by atoms with Crippen LogP contribution in [0.2, 0.25) is 0 Å². The second-order valence-electron chi connectivity index (χ2n) is 6.01. The molecule has 8 nitrogen and oxygen atoms in total. The van der Waals surface area contributed by atoms with Crippen LogP contribution >= 0.6 is 0 Å². The number of hydrogen-bond acceptors (Lipinski definition) is 7. The maximum absolute atomic E-state index is 12.5. The van der Waals surface area contributed by atoms with E-state index in [0.717, 1.165) is 6.26 Å². The predicted molar refractivity (Wildman–Crippen MR) is 94.2 cm³/mol. The van der Waals surface area contributed by atoms with Crippen LogP contribution in [-0.2, 0) is 9.84 Å². The van der Waals surface area contributed by atoms with Crippen LogP contribution in [0.4, 0.5) is 13.2 Å². The van der Waals surface area contributed by atoms with Crippen LogP contribution in [0.15, 0.2) is 58.4 Å². The molecule has 0 saturated heterocycles. The third-order valence-corrected chi connectivity index (χ3v) is 4.65. The molecule has 0 N–H and O–H groups in total. The van der Waals surface area contributed by atoms with Gasteiger partial charge in [0.25, 0.3) is 0 Å². The largest absolute Gasteiger partial charge is 0.573 e. The van der Waals surface area contributed by atoms with E-state index >= 15 is 0 Å². The number of benzene rings is 2. The van der Waals surface area contributed by atoms with Crippen LogP contribution in [-0.4, -0.2) is 40.8 Å². The van der Waals surface area contributed by atoms with Crippen molar-refractivity contribution in [1.29, 1.82) is 0 Å². The normalized spacial score (nSPS) is 12.4. The third-order valence-electron chi connectivity index (χ3n) is 3.85. The number of alkyl halides is 3. The van der Waals surface area contributed by atoms with E-state index in [1.807, 2.05) is 0 Å². The van der Waals surface area contributed by atoms with Crippen molar-refractivity contribution in [3.8, 4) is 22.9 Å². The van der Waals surface area contributed by atoms with Gasteiger partial charge in [0.1, 0.15) is 12.1 Å². The van der Waals surface area contributed by atoms with E-state index in [2.05, 4.69) is 19.9 Å². The van der Waals surface area contributed by atoms with Gasteiger partial charge >= 0.3 is 11.6 Å². The van der Waals surface area contributed by atoms with Gasteiger partial charge in [0.15, 0.2) is 0 Å². The molecule has 0 radical (unpaired) electrons. The van der Waals surface area contributed by atoms with Crippen molar-refractivity contribution in [2.24, 2.45) is 0 Å². The Hall–Kier alpha value is -3.41. The van der Waals surface area contributed by atoms with Crippen molar-refractivity contribution in [3.05, 3.63) is 48.8 Å². The number of aromatic nitrogens is 4. The molecule has 2 aromatic heterocycles. The van der Waals surface area contributed by atoms with Gasteiger partial charge in [-0.3, -0.25) is 4.57 Å². The van der Waals surface area contributed by atoms with Crippen molar-refractivity contribution < 1.29 is 30.7 Å². The summed E-state index contributed by atoms with van der Waals surface area (Å²) in [6.07, 6.45) is -2.42. The zero-order valence-corrected chi connectivity index (χ0v) is 15.4. The van der Waals surface area contributed by atoms with Crippen molar-refractivity contribution in [3.63, 3.8) is 0 Å². The van der Waals surface area contributed by atoms with Gasteiger partial charge in [0.05, 0.1) is 16.7 Å². The lowest BCUT2D eigenvalue weighted by Gasteiger charge is -2.11.